The Morgan fingerprint density at radius 3 is 2.52 bits per heavy atom. The highest BCUT2D eigenvalue weighted by Crippen LogP contribution is 2.40. The number of rotatable bonds is 8. The van der Waals surface area contributed by atoms with E-state index in [0.29, 0.717) is 18.2 Å². The molecule has 0 spiro atoms. The van der Waals surface area contributed by atoms with Crippen molar-refractivity contribution in [3.05, 3.63) is 39.7 Å². The zero-order valence-electron chi connectivity index (χ0n) is 16.3. The lowest BCUT2D eigenvalue weighted by Gasteiger charge is -2.16. The summed E-state index contributed by atoms with van der Waals surface area (Å²) in [6.45, 7) is 8.20. The molecule has 1 aromatic heterocycles. The summed E-state index contributed by atoms with van der Waals surface area (Å²) in [6, 6.07) is 2.08. The normalized spacial score (nSPS) is 13.8. The third-order valence-corrected chi connectivity index (χ3v) is 6.09. The van der Waals surface area contributed by atoms with Gasteiger partial charge in [-0.2, -0.15) is 0 Å². The number of ketones is 1. The van der Waals surface area contributed by atoms with Crippen LogP contribution in [0.4, 0.5) is 0 Å². The molecule has 1 aromatic carbocycles. The van der Waals surface area contributed by atoms with Crippen molar-refractivity contribution >= 4 is 23.5 Å². The highest BCUT2D eigenvalue weighted by Gasteiger charge is 2.30. The van der Waals surface area contributed by atoms with Crippen LogP contribution in [0.5, 0.6) is 0 Å². The minimum atomic E-state index is -0.322. The molecule has 1 fully saturated rings. The van der Waals surface area contributed by atoms with Gasteiger partial charge in [0.05, 0.1) is 0 Å². The molecule has 0 unspecified atom stereocenters. The van der Waals surface area contributed by atoms with Gasteiger partial charge in [0.2, 0.25) is 5.91 Å². The van der Waals surface area contributed by atoms with Gasteiger partial charge in [0.25, 0.3) is 0 Å². The third kappa shape index (κ3) is 4.24. The number of thioether (sulfide) groups is 1. The first kappa shape index (κ1) is 19.6. The predicted molar refractivity (Wildman–Crippen MR) is 106 cm³/mol. The smallest absolute Gasteiger partial charge is 0.219 e. The molecular formula is C20H26N4O2S. The number of hydrogen-bond donors (Lipinski definition) is 1. The molecule has 2 N–H and O–H groups in total. The molecule has 27 heavy (non-hydrogen) atoms. The van der Waals surface area contributed by atoms with Crippen molar-refractivity contribution in [2.45, 2.75) is 70.3 Å². The summed E-state index contributed by atoms with van der Waals surface area (Å²) in [5.74, 6) is 1.89. The lowest BCUT2D eigenvalue weighted by molar-refractivity contribution is -0.118. The SMILES string of the molecule is CC(=O)c1c(C)cc(C)c(CSc2nnc(C3CC3)n2CCC(N)=O)c1C. The van der Waals surface area contributed by atoms with Crippen molar-refractivity contribution in [2.24, 2.45) is 5.73 Å². The van der Waals surface area contributed by atoms with Crippen LogP contribution in [0, 0.1) is 20.8 Å². The van der Waals surface area contributed by atoms with E-state index in [1.165, 1.54) is 5.56 Å². The van der Waals surface area contributed by atoms with E-state index >= 15 is 0 Å². The molecule has 2 aromatic rings. The van der Waals surface area contributed by atoms with Gasteiger partial charge in [0.15, 0.2) is 10.9 Å². The van der Waals surface area contributed by atoms with Gasteiger partial charge in [0, 0.05) is 30.2 Å². The maximum Gasteiger partial charge on any atom is 0.219 e. The summed E-state index contributed by atoms with van der Waals surface area (Å²) >= 11 is 1.60. The number of aromatic nitrogens is 3. The van der Waals surface area contributed by atoms with Gasteiger partial charge in [-0.3, -0.25) is 9.59 Å². The molecular weight excluding hydrogens is 360 g/mol. The van der Waals surface area contributed by atoms with Crippen LogP contribution in [0.3, 0.4) is 0 Å². The fraction of sp³-hybridized carbons (Fsp3) is 0.500. The number of aryl methyl sites for hydroxylation is 2. The molecule has 1 aliphatic rings. The van der Waals surface area contributed by atoms with E-state index in [4.69, 9.17) is 5.73 Å². The average Bonchev–Trinajstić information content (AvgIpc) is 3.33. The molecule has 6 nitrogen and oxygen atoms in total. The Labute approximate surface area is 163 Å². The number of Topliss-reactive ketones (excluding diaryl/α,β-unsaturated/α-hetero) is 1. The first-order valence-electron chi connectivity index (χ1n) is 9.24. The van der Waals surface area contributed by atoms with Gasteiger partial charge in [-0.25, -0.2) is 0 Å². The lowest BCUT2D eigenvalue weighted by atomic mass is 9.92. The van der Waals surface area contributed by atoms with Crippen LogP contribution < -0.4 is 5.73 Å². The molecule has 144 valence electrons. The summed E-state index contributed by atoms with van der Waals surface area (Å²) in [5, 5.41) is 9.53. The standard InChI is InChI=1S/C20H26N4O2S/c1-11-9-12(2)18(14(4)25)13(3)16(11)10-27-20-23-22-19(15-5-6-15)24(20)8-7-17(21)26/h9,15H,5-8,10H2,1-4H3,(H2,21,26). The Bertz CT molecular complexity index is 900. The zero-order valence-corrected chi connectivity index (χ0v) is 17.2. The van der Waals surface area contributed by atoms with Crippen LogP contribution in [0.2, 0.25) is 0 Å². The van der Waals surface area contributed by atoms with Crippen LogP contribution in [0.25, 0.3) is 0 Å². The summed E-state index contributed by atoms with van der Waals surface area (Å²) in [7, 11) is 0. The number of amides is 1. The molecule has 0 radical (unpaired) electrons. The monoisotopic (exact) mass is 386 g/mol. The molecule has 0 saturated heterocycles. The third-order valence-electron chi connectivity index (χ3n) is 5.10. The molecule has 1 saturated carbocycles. The number of primary amides is 1. The van der Waals surface area contributed by atoms with Crippen molar-refractivity contribution in [3.63, 3.8) is 0 Å². The fourth-order valence-corrected chi connectivity index (χ4v) is 4.77. The topological polar surface area (TPSA) is 90.9 Å². The second-order valence-corrected chi connectivity index (χ2v) is 8.26. The van der Waals surface area contributed by atoms with Crippen molar-refractivity contribution in [1.29, 1.82) is 0 Å². The Hall–Kier alpha value is -2.15. The molecule has 0 bridgehead atoms. The second-order valence-electron chi connectivity index (χ2n) is 7.32. The zero-order chi connectivity index (χ0) is 19.7. The molecule has 1 amide bonds. The first-order chi connectivity index (χ1) is 12.8. The first-order valence-corrected chi connectivity index (χ1v) is 10.2. The minimum Gasteiger partial charge on any atom is -0.370 e. The Morgan fingerprint density at radius 1 is 1.22 bits per heavy atom. The van der Waals surface area contributed by atoms with Crippen molar-refractivity contribution < 1.29 is 9.59 Å². The van der Waals surface area contributed by atoms with Gasteiger partial charge in [-0.15, -0.1) is 10.2 Å². The molecule has 0 atom stereocenters. The lowest BCUT2D eigenvalue weighted by Crippen LogP contribution is -2.15. The molecule has 0 aliphatic heterocycles. The summed E-state index contributed by atoms with van der Waals surface area (Å²) in [4.78, 5) is 23.3. The van der Waals surface area contributed by atoms with Crippen molar-refractivity contribution in [3.8, 4) is 0 Å². The summed E-state index contributed by atoms with van der Waals surface area (Å²) < 4.78 is 2.04. The maximum atomic E-state index is 12.0. The van der Waals surface area contributed by atoms with Gasteiger partial charge in [0.1, 0.15) is 5.82 Å². The average molecular weight is 387 g/mol. The van der Waals surface area contributed by atoms with E-state index < -0.39 is 0 Å². The Kier molecular flexibility index (Phi) is 5.69. The van der Waals surface area contributed by atoms with Crippen LogP contribution >= 0.6 is 11.8 Å². The second kappa shape index (κ2) is 7.84. The Balaban J connectivity index is 1.86. The van der Waals surface area contributed by atoms with Crippen LogP contribution in [-0.2, 0) is 17.1 Å². The summed E-state index contributed by atoms with van der Waals surface area (Å²) in [6.07, 6.45) is 2.53. The molecule has 7 heteroatoms. The van der Waals surface area contributed by atoms with E-state index in [0.717, 1.165) is 46.1 Å². The number of nitrogens with zero attached hydrogens (tertiary/aromatic N) is 3. The van der Waals surface area contributed by atoms with Gasteiger partial charge in [-0.1, -0.05) is 17.8 Å². The Morgan fingerprint density at radius 2 is 1.93 bits per heavy atom. The van der Waals surface area contributed by atoms with E-state index in [2.05, 4.69) is 23.2 Å². The van der Waals surface area contributed by atoms with Crippen LogP contribution in [-0.4, -0.2) is 26.5 Å². The van der Waals surface area contributed by atoms with Crippen molar-refractivity contribution in [2.75, 3.05) is 0 Å². The van der Waals surface area contributed by atoms with Crippen LogP contribution in [0.15, 0.2) is 11.2 Å². The van der Waals surface area contributed by atoms with E-state index in [9.17, 15) is 9.59 Å². The van der Waals surface area contributed by atoms with Gasteiger partial charge < -0.3 is 10.3 Å². The number of benzene rings is 1. The van der Waals surface area contributed by atoms with Crippen molar-refractivity contribution in [1.82, 2.24) is 14.8 Å². The molecule has 3 rings (SSSR count). The highest BCUT2D eigenvalue weighted by molar-refractivity contribution is 7.98. The highest BCUT2D eigenvalue weighted by atomic mass is 32.2. The molecule has 1 aliphatic carbocycles. The van der Waals surface area contributed by atoms with Crippen LogP contribution in [0.1, 0.15) is 70.5 Å². The van der Waals surface area contributed by atoms with Gasteiger partial charge >= 0.3 is 0 Å². The predicted octanol–water partition coefficient (Wildman–Crippen LogP) is 3.45. The number of carbonyl (C=O) groups is 2. The molecule has 1 heterocycles. The largest absolute Gasteiger partial charge is 0.370 e. The van der Waals surface area contributed by atoms with E-state index in [1.807, 2.05) is 18.4 Å². The summed E-state index contributed by atoms with van der Waals surface area (Å²) in [5.41, 5.74) is 10.5. The number of hydrogen-bond acceptors (Lipinski definition) is 5. The quantitative estimate of drug-likeness (QED) is 0.554. The van der Waals surface area contributed by atoms with Gasteiger partial charge in [-0.05, 0) is 62.8 Å². The fourth-order valence-electron chi connectivity index (χ4n) is 3.61. The van der Waals surface area contributed by atoms with E-state index in [1.54, 1.807) is 18.7 Å². The number of nitrogens with two attached hydrogens (primary N) is 1. The van der Waals surface area contributed by atoms with E-state index in [-0.39, 0.29) is 18.1 Å². The minimum absolute atomic E-state index is 0.0943. The number of carbonyl (C=O) groups excluding carboxylic acids is 2. The maximum absolute atomic E-state index is 12.0.